The number of rotatable bonds is 8. The van der Waals surface area contributed by atoms with Gasteiger partial charge in [0.05, 0.1) is 6.61 Å². The predicted molar refractivity (Wildman–Crippen MR) is 106 cm³/mol. The fraction of sp³-hybridized carbons (Fsp3) is 0.545. The van der Waals surface area contributed by atoms with E-state index in [0.717, 1.165) is 31.5 Å². The first-order chi connectivity index (χ1) is 12.5. The molecule has 0 aliphatic carbocycles. The first kappa shape index (κ1) is 20.2. The Bertz CT molecular complexity index is 715. The molecule has 0 spiro atoms. The van der Waals surface area contributed by atoms with Gasteiger partial charge in [0, 0.05) is 18.3 Å². The molecule has 2 rings (SSSR count). The third-order valence-electron chi connectivity index (χ3n) is 5.20. The second-order valence-electron chi connectivity index (χ2n) is 7.19. The molecule has 0 aliphatic heterocycles. The molecule has 0 aliphatic rings. The van der Waals surface area contributed by atoms with Gasteiger partial charge in [0.25, 0.3) is 0 Å². The Morgan fingerprint density at radius 3 is 2.54 bits per heavy atom. The van der Waals surface area contributed by atoms with E-state index in [9.17, 15) is 4.79 Å². The zero-order valence-corrected chi connectivity index (χ0v) is 16.8. The quantitative estimate of drug-likeness (QED) is 0.595. The number of imidazole rings is 1. The zero-order valence-electron chi connectivity index (χ0n) is 16.8. The molecule has 0 fully saturated rings. The minimum Gasteiger partial charge on any atom is -0.449 e. The van der Waals surface area contributed by atoms with Crippen molar-refractivity contribution in [1.29, 1.82) is 0 Å². The van der Waals surface area contributed by atoms with Gasteiger partial charge in [-0.05, 0) is 49.3 Å². The van der Waals surface area contributed by atoms with Gasteiger partial charge in [-0.25, -0.2) is 14.3 Å². The highest BCUT2D eigenvalue weighted by Crippen LogP contribution is 2.27. The molecule has 4 nitrogen and oxygen atoms in total. The topological polar surface area (TPSA) is 44.1 Å². The van der Waals surface area contributed by atoms with E-state index in [4.69, 9.17) is 4.74 Å². The van der Waals surface area contributed by atoms with Crippen LogP contribution in [0.1, 0.15) is 74.9 Å². The van der Waals surface area contributed by atoms with Crippen LogP contribution in [-0.2, 0) is 4.74 Å². The van der Waals surface area contributed by atoms with E-state index in [1.54, 1.807) is 17.0 Å². The van der Waals surface area contributed by atoms with Gasteiger partial charge < -0.3 is 4.74 Å². The lowest BCUT2D eigenvalue weighted by Crippen LogP contribution is -2.21. The molecule has 0 N–H and O–H groups in total. The molecule has 0 saturated carbocycles. The summed E-state index contributed by atoms with van der Waals surface area (Å²) in [5.41, 5.74) is 3.69. The highest BCUT2D eigenvalue weighted by atomic mass is 16.5. The molecule has 0 bridgehead atoms. The van der Waals surface area contributed by atoms with Crippen LogP contribution in [0.2, 0.25) is 0 Å². The lowest BCUT2D eigenvalue weighted by molar-refractivity contribution is 0.122. The molecule has 0 amide bonds. The van der Waals surface area contributed by atoms with Crippen molar-refractivity contribution in [3.05, 3.63) is 53.1 Å². The van der Waals surface area contributed by atoms with Gasteiger partial charge in [-0.1, -0.05) is 51.8 Å². The van der Waals surface area contributed by atoms with Gasteiger partial charge in [-0.2, -0.15) is 0 Å². The minimum absolute atomic E-state index is 0.0273. The van der Waals surface area contributed by atoms with Crippen LogP contribution in [0.5, 0.6) is 0 Å². The maximum absolute atomic E-state index is 12.6. The van der Waals surface area contributed by atoms with Crippen LogP contribution in [0.3, 0.4) is 0 Å². The molecule has 1 heterocycles. The first-order valence-electron chi connectivity index (χ1n) is 9.76. The summed E-state index contributed by atoms with van der Waals surface area (Å²) >= 11 is 0. The van der Waals surface area contributed by atoms with Crippen LogP contribution in [-0.4, -0.2) is 22.3 Å². The minimum atomic E-state index is -0.327. The van der Waals surface area contributed by atoms with Gasteiger partial charge >= 0.3 is 6.09 Å². The summed E-state index contributed by atoms with van der Waals surface area (Å²) in [4.78, 5) is 17.1. The monoisotopic (exact) mass is 356 g/mol. The van der Waals surface area contributed by atoms with E-state index in [1.807, 2.05) is 0 Å². The third kappa shape index (κ3) is 4.75. The Morgan fingerprint density at radius 1 is 1.19 bits per heavy atom. The maximum atomic E-state index is 12.6. The van der Waals surface area contributed by atoms with Crippen molar-refractivity contribution < 1.29 is 9.53 Å². The molecule has 1 atom stereocenters. The molecule has 2 aromatic rings. The standard InChI is InChI=1S/C22H32N2O2/c1-6-9-19(10-7-2)15-26-22(25)24-14-13-23-21(24)18(5)20-12-8-11-16(3)17(20)4/h8,11-14,18-19H,6-7,9-10,15H2,1-5H3/t18-/m0/s1. The summed E-state index contributed by atoms with van der Waals surface area (Å²) in [5.74, 6) is 1.20. The van der Waals surface area contributed by atoms with E-state index < -0.39 is 0 Å². The van der Waals surface area contributed by atoms with Crippen molar-refractivity contribution >= 4 is 6.09 Å². The summed E-state index contributed by atoms with van der Waals surface area (Å²) in [6, 6.07) is 6.27. The van der Waals surface area contributed by atoms with E-state index in [-0.39, 0.29) is 12.0 Å². The van der Waals surface area contributed by atoms with Crippen molar-refractivity contribution in [3.8, 4) is 0 Å². The lowest BCUT2D eigenvalue weighted by Gasteiger charge is -2.18. The summed E-state index contributed by atoms with van der Waals surface area (Å²) in [6.45, 7) is 11.1. The Morgan fingerprint density at radius 2 is 1.88 bits per heavy atom. The number of carbonyl (C=O) groups is 1. The van der Waals surface area contributed by atoms with Gasteiger partial charge in [0.2, 0.25) is 0 Å². The highest BCUT2D eigenvalue weighted by molar-refractivity contribution is 5.71. The number of ether oxygens (including phenoxy) is 1. The summed E-state index contributed by atoms with van der Waals surface area (Å²) < 4.78 is 7.18. The number of hydrogen-bond donors (Lipinski definition) is 0. The molecule has 142 valence electrons. The van der Waals surface area contributed by atoms with Crippen molar-refractivity contribution in [2.24, 2.45) is 5.92 Å². The zero-order chi connectivity index (χ0) is 19.1. The van der Waals surface area contributed by atoms with Crippen molar-refractivity contribution in [1.82, 2.24) is 9.55 Å². The summed E-state index contributed by atoms with van der Waals surface area (Å²) in [7, 11) is 0. The Balaban J connectivity index is 2.14. The van der Waals surface area contributed by atoms with Crippen LogP contribution in [0.25, 0.3) is 0 Å². The number of benzene rings is 1. The van der Waals surface area contributed by atoms with E-state index in [1.165, 1.54) is 16.7 Å². The fourth-order valence-electron chi connectivity index (χ4n) is 3.56. The van der Waals surface area contributed by atoms with Crippen LogP contribution in [0.15, 0.2) is 30.6 Å². The van der Waals surface area contributed by atoms with Crippen LogP contribution < -0.4 is 0 Å². The van der Waals surface area contributed by atoms with Gasteiger partial charge in [0.15, 0.2) is 0 Å². The third-order valence-corrected chi connectivity index (χ3v) is 5.20. The number of aromatic nitrogens is 2. The number of carbonyl (C=O) groups excluding carboxylic acids is 1. The SMILES string of the molecule is CCCC(CCC)COC(=O)n1ccnc1[C@@H](C)c1cccc(C)c1C. The second kappa shape index (κ2) is 9.56. The average molecular weight is 357 g/mol. The molecule has 1 aromatic carbocycles. The molecule has 0 saturated heterocycles. The average Bonchev–Trinajstić information content (AvgIpc) is 3.11. The number of hydrogen-bond acceptors (Lipinski definition) is 3. The van der Waals surface area contributed by atoms with Crippen LogP contribution in [0, 0.1) is 19.8 Å². The van der Waals surface area contributed by atoms with E-state index in [0.29, 0.717) is 12.5 Å². The maximum Gasteiger partial charge on any atom is 0.419 e. The largest absolute Gasteiger partial charge is 0.449 e. The summed E-state index contributed by atoms with van der Waals surface area (Å²) in [5, 5.41) is 0. The van der Waals surface area contributed by atoms with Crippen LogP contribution >= 0.6 is 0 Å². The molecule has 0 radical (unpaired) electrons. The van der Waals surface area contributed by atoms with Crippen LogP contribution in [0.4, 0.5) is 4.79 Å². The Labute approximate surface area is 157 Å². The molecule has 26 heavy (non-hydrogen) atoms. The molecule has 1 aromatic heterocycles. The van der Waals surface area contributed by atoms with Gasteiger partial charge in [0.1, 0.15) is 5.82 Å². The van der Waals surface area contributed by atoms with Gasteiger partial charge in [-0.3, -0.25) is 0 Å². The molecular weight excluding hydrogens is 324 g/mol. The molecule has 4 heteroatoms. The normalized spacial score (nSPS) is 12.4. The highest BCUT2D eigenvalue weighted by Gasteiger charge is 2.21. The lowest BCUT2D eigenvalue weighted by atomic mass is 9.93. The fourth-order valence-corrected chi connectivity index (χ4v) is 3.56. The second-order valence-corrected chi connectivity index (χ2v) is 7.19. The smallest absolute Gasteiger partial charge is 0.419 e. The molecular formula is C22H32N2O2. The Kier molecular flexibility index (Phi) is 7.43. The van der Waals surface area contributed by atoms with Crippen molar-refractivity contribution in [3.63, 3.8) is 0 Å². The van der Waals surface area contributed by atoms with Crippen molar-refractivity contribution in [2.75, 3.05) is 6.61 Å². The molecule has 0 unspecified atom stereocenters. The van der Waals surface area contributed by atoms with Crippen molar-refractivity contribution in [2.45, 2.75) is 66.2 Å². The predicted octanol–water partition coefficient (Wildman–Crippen LogP) is 5.85. The Hall–Kier alpha value is -2.10. The number of aryl methyl sites for hydroxylation is 1. The van der Waals surface area contributed by atoms with E-state index >= 15 is 0 Å². The number of nitrogens with zero attached hydrogens (tertiary/aromatic N) is 2. The van der Waals surface area contributed by atoms with Gasteiger partial charge in [-0.15, -0.1) is 0 Å². The van der Waals surface area contributed by atoms with E-state index in [2.05, 4.69) is 57.8 Å². The summed E-state index contributed by atoms with van der Waals surface area (Å²) in [6.07, 6.45) is 7.46. The first-order valence-corrected chi connectivity index (χ1v) is 9.76.